The number of halogens is 1. The second-order valence-electron chi connectivity index (χ2n) is 8.11. The lowest BCUT2D eigenvalue weighted by Gasteiger charge is -2.45. The summed E-state index contributed by atoms with van der Waals surface area (Å²) in [6.07, 6.45) is 4.08. The van der Waals surface area contributed by atoms with Crippen molar-refractivity contribution in [3.05, 3.63) is 0 Å². The third-order valence-corrected chi connectivity index (χ3v) is 5.48. The van der Waals surface area contributed by atoms with Crippen molar-refractivity contribution in [2.24, 2.45) is 10.8 Å². The lowest BCUT2D eigenvalue weighted by atomic mass is 9.63. The molecular formula is C16H31ClN2OS. The van der Waals surface area contributed by atoms with Crippen LogP contribution in [0.3, 0.4) is 0 Å². The lowest BCUT2D eigenvalue weighted by molar-refractivity contribution is -0.123. The largest absolute Gasteiger partial charge is 0.353 e. The van der Waals surface area contributed by atoms with Crippen LogP contribution in [0.2, 0.25) is 0 Å². The number of thioether (sulfide) groups is 1. The summed E-state index contributed by atoms with van der Waals surface area (Å²) in [5.74, 6) is 2.46. The van der Waals surface area contributed by atoms with E-state index in [1.807, 2.05) is 11.8 Å². The maximum absolute atomic E-state index is 12.2. The van der Waals surface area contributed by atoms with E-state index in [9.17, 15) is 4.79 Å². The minimum atomic E-state index is 0. The zero-order valence-electron chi connectivity index (χ0n) is 13.8. The highest BCUT2D eigenvalue weighted by Crippen LogP contribution is 2.45. The van der Waals surface area contributed by atoms with Crippen LogP contribution in [-0.2, 0) is 4.79 Å². The van der Waals surface area contributed by atoms with Crippen LogP contribution in [-0.4, -0.2) is 36.0 Å². The van der Waals surface area contributed by atoms with Crippen molar-refractivity contribution in [3.63, 3.8) is 0 Å². The quantitative estimate of drug-likeness (QED) is 0.832. The molecule has 0 aromatic carbocycles. The molecule has 1 saturated carbocycles. The van der Waals surface area contributed by atoms with Gasteiger partial charge in [-0.2, -0.15) is 11.8 Å². The Morgan fingerprint density at radius 1 is 1.24 bits per heavy atom. The van der Waals surface area contributed by atoms with Gasteiger partial charge in [0.05, 0.1) is 0 Å². The van der Waals surface area contributed by atoms with Crippen LogP contribution in [0.4, 0.5) is 0 Å². The number of carbonyl (C=O) groups is 1. The van der Waals surface area contributed by atoms with Crippen molar-refractivity contribution in [2.45, 2.75) is 65.5 Å². The van der Waals surface area contributed by atoms with Crippen LogP contribution < -0.4 is 10.6 Å². The van der Waals surface area contributed by atoms with E-state index in [-0.39, 0.29) is 18.3 Å². The van der Waals surface area contributed by atoms with Gasteiger partial charge >= 0.3 is 0 Å². The highest BCUT2D eigenvalue weighted by molar-refractivity contribution is 7.99. The number of amides is 1. The summed E-state index contributed by atoms with van der Waals surface area (Å²) in [6, 6.07) is 0.704. The summed E-state index contributed by atoms with van der Waals surface area (Å²) in [4.78, 5) is 12.2. The van der Waals surface area contributed by atoms with E-state index in [1.165, 1.54) is 12.2 Å². The van der Waals surface area contributed by atoms with Gasteiger partial charge in [-0.15, -0.1) is 12.4 Å². The molecular weight excluding hydrogens is 304 g/mol. The molecule has 1 atom stereocenters. The van der Waals surface area contributed by atoms with Crippen LogP contribution >= 0.6 is 24.2 Å². The first kappa shape index (κ1) is 19.1. The second kappa shape index (κ2) is 7.56. The summed E-state index contributed by atoms with van der Waals surface area (Å²) in [5.41, 5.74) is 0.664. The van der Waals surface area contributed by atoms with Crippen LogP contribution in [0, 0.1) is 10.8 Å². The molecule has 2 fully saturated rings. The molecule has 1 unspecified atom stereocenters. The fraction of sp³-hybridized carbons (Fsp3) is 0.938. The molecule has 124 valence electrons. The summed E-state index contributed by atoms with van der Waals surface area (Å²) < 4.78 is 0. The molecule has 1 heterocycles. The van der Waals surface area contributed by atoms with Crippen molar-refractivity contribution in [1.29, 1.82) is 0 Å². The molecule has 1 aliphatic heterocycles. The number of carbonyl (C=O) groups excluding carboxylic acids is 1. The van der Waals surface area contributed by atoms with Gasteiger partial charge in [0.1, 0.15) is 0 Å². The van der Waals surface area contributed by atoms with Crippen LogP contribution in [0.1, 0.15) is 53.4 Å². The molecule has 21 heavy (non-hydrogen) atoms. The van der Waals surface area contributed by atoms with Crippen LogP contribution in [0.5, 0.6) is 0 Å². The van der Waals surface area contributed by atoms with Gasteiger partial charge in [-0.25, -0.2) is 0 Å². The average Bonchev–Trinajstić information content (AvgIpc) is 2.25. The van der Waals surface area contributed by atoms with E-state index in [4.69, 9.17) is 0 Å². The summed E-state index contributed by atoms with van der Waals surface area (Å²) >= 11 is 1.95. The standard InChI is InChI=1S/C16H30N2OS.ClH/c1-15(2)8-13(9-16(3,4)11-15)18-14(19)7-12-10-20-6-5-17-12;/h12-13,17H,5-11H2,1-4H3,(H,18,19);1H. The van der Waals surface area contributed by atoms with E-state index >= 15 is 0 Å². The van der Waals surface area contributed by atoms with Crippen LogP contribution in [0.25, 0.3) is 0 Å². The second-order valence-corrected chi connectivity index (χ2v) is 9.26. The third-order valence-electron chi connectivity index (χ3n) is 4.35. The Labute approximate surface area is 140 Å². The fourth-order valence-electron chi connectivity index (χ4n) is 4.21. The Balaban J connectivity index is 0.00000220. The Hall–Kier alpha value is 0.0700. The van der Waals surface area contributed by atoms with Crippen molar-refractivity contribution in [3.8, 4) is 0 Å². The lowest BCUT2D eigenvalue weighted by Crippen LogP contribution is -2.48. The molecule has 2 aliphatic rings. The van der Waals surface area contributed by atoms with Gasteiger partial charge in [0, 0.05) is 36.6 Å². The third kappa shape index (κ3) is 6.37. The van der Waals surface area contributed by atoms with E-state index < -0.39 is 0 Å². The van der Waals surface area contributed by atoms with Gasteiger partial charge in [-0.05, 0) is 30.1 Å². The van der Waals surface area contributed by atoms with Gasteiger partial charge in [0.2, 0.25) is 5.91 Å². The molecule has 1 saturated heterocycles. The monoisotopic (exact) mass is 334 g/mol. The smallest absolute Gasteiger partial charge is 0.221 e. The van der Waals surface area contributed by atoms with Crippen LogP contribution in [0.15, 0.2) is 0 Å². The van der Waals surface area contributed by atoms with Crippen molar-refractivity contribution < 1.29 is 4.79 Å². The molecule has 0 aromatic rings. The highest BCUT2D eigenvalue weighted by Gasteiger charge is 2.38. The summed E-state index contributed by atoms with van der Waals surface area (Å²) in [7, 11) is 0. The molecule has 0 spiro atoms. The molecule has 2 rings (SSSR count). The van der Waals surface area contributed by atoms with Crippen molar-refractivity contribution >= 4 is 30.1 Å². The maximum Gasteiger partial charge on any atom is 0.221 e. The zero-order chi connectivity index (χ0) is 14.8. The Bertz CT molecular complexity index is 338. The van der Waals surface area contributed by atoms with Gasteiger partial charge < -0.3 is 10.6 Å². The minimum absolute atomic E-state index is 0. The molecule has 0 aromatic heterocycles. The maximum atomic E-state index is 12.2. The first-order chi connectivity index (χ1) is 9.26. The SMILES string of the molecule is CC1(C)CC(NC(=O)CC2CSCCN2)CC(C)(C)C1.Cl. The Kier molecular flexibility index (Phi) is 6.88. The van der Waals surface area contributed by atoms with E-state index in [0.717, 1.165) is 25.1 Å². The Morgan fingerprint density at radius 3 is 2.38 bits per heavy atom. The highest BCUT2D eigenvalue weighted by atomic mass is 35.5. The van der Waals surface area contributed by atoms with E-state index in [1.54, 1.807) is 0 Å². The number of hydrogen-bond acceptors (Lipinski definition) is 3. The first-order valence-corrected chi connectivity index (χ1v) is 9.02. The predicted molar refractivity (Wildman–Crippen MR) is 94.3 cm³/mol. The zero-order valence-corrected chi connectivity index (χ0v) is 15.5. The molecule has 3 nitrogen and oxygen atoms in total. The number of nitrogens with one attached hydrogen (secondary N) is 2. The van der Waals surface area contributed by atoms with E-state index in [2.05, 4.69) is 38.3 Å². The van der Waals surface area contributed by atoms with Crippen molar-refractivity contribution in [2.75, 3.05) is 18.1 Å². The predicted octanol–water partition coefficient (Wildman–Crippen LogP) is 3.22. The normalized spacial score (nSPS) is 28.5. The molecule has 0 bridgehead atoms. The first-order valence-electron chi connectivity index (χ1n) is 7.86. The average molecular weight is 335 g/mol. The molecule has 1 aliphatic carbocycles. The van der Waals surface area contributed by atoms with Gasteiger partial charge in [-0.3, -0.25) is 4.79 Å². The molecule has 1 amide bonds. The fourth-order valence-corrected chi connectivity index (χ4v) is 5.16. The Morgan fingerprint density at radius 2 is 1.86 bits per heavy atom. The number of hydrogen-bond donors (Lipinski definition) is 2. The summed E-state index contributed by atoms with van der Waals surface area (Å²) in [5, 5.41) is 6.73. The van der Waals surface area contributed by atoms with E-state index in [0.29, 0.717) is 29.3 Å². The van der Waals surface area contributed by atoms with Crippen molar-refractivity contribution in [1.82, 2.24) is 10.6 Å². The van der Waals surface area contributed by atoms with Gasteiger partial charge in [-0.1, -0.05) is 27.7 Å². The summed E-state index contributed by atoms with van der Waals surface area (Å²) in [6.45, 7) is 10.3. The van der Waals surface area contributed by atoms with Gasteiger partial charge in [0.15, 0.2) is 0 Å². The van der Waals surface area contributed by atoms with Gasteiger partial charge in [0.25, 0.3) is 0 Å². The molecule has 2 N–H and O–H groups in total. The topological polar surface area (TPSA) is 41.1 Å². The number of rotatable bonds is 3. The molecule has 5 heteroatoms. The minimum Gasteiger partial charge on any atom is -0.353 e. The molecule has 0 radical (unpaired) electrons.